The lowest BCUT2D eigenvalue weighted by Gasteiger charge is -2.22. The number of nitrogens with zero attached hydrogens (tertiary/aromatic N) is 2. The van der Waals surface area contributed by atoms with E-state index in [9.17, 15) is 18.3 Å². The average molecular weight is 531 g/mol. The van der Waals surface area contributed by atoms with Gasteiger partial charge in [0.05, 0.1) is 22.2 Å². The van der Waals surface area contributed by atoms with Crippen LogP contribution in [0, 0.1) is 0 Å². The van der Waals surface area contributed by atoms with Gasteiger partial charge in [0.15, 0.2) is 11.5 Å². The number of rotatable bonds is 7. The normalized spacial score (nSPS) is 17.2. The molecule has 0 unspecified atom stereocenters. The Morgan fingerprint density at radius 2 is 2.10 bits per heavy atom. The van der Waals surface area contributed by atoms with E-state index in [1.54, 1.807) is 19.1 Å². The van der Waals surface area contributed by atoms with Crippen LogP contribution in [0.2, 0.25) is 5.02 Å². The molecule has 0 aliphatic carbocycles. The second-order valence-corrected chi connectivity index (χ2v) is 9.93. The van der Waals surface area contributed by atoms with Gasteiger partial charge in [0.2, 0.25) is 10.0 Å². The third-order valence-electron chi connectivity index (χ3n) is 4.67. The molecule has 11 heteroatoms. The summed E-state index contributed by atoms with van der Waals surface area (Å²) in [6.07, 6.45) is 2.35. The highest BCUT2D eigenvalue weighted by Gasteiger charge is 2.39. The zero-order valence-electron chi connectivity index (χ0n) is 16.6. The van der Waals surface area contributed by atoms with Gasteiger partial charge in [0, 0.05) is 11.6 Å². The van der Waals surface area contributed by atoms with E-state index in [0.29, 0.717) is 34.5 Å². The Kier molecular flexibility index (Phi) is 7.58. The molecule has 1 amide bonds. The monoisotopic (exact) mass is 529 g/mol. The number of carbonyl (C=O) groups is 1. The number of amides is 1. The topological polar surface area (TPSA) is 108 Å². The molecule has 2 N–H and O–H groups in total. The quantitative estimate of drug-likeness (QED) is 0.421. The van der Waals surface area contributed by atoms with Gasteiger partial charge in [-0.15, -0.1) is 0 Å². The van der Waals surface area contributed by atoms with E-state index in [2.05, 4.69) is 26.5 Å². The van der Waals surface area contributed by atoms with Gasteiger partial charge in [0.25, 0.3) is 5.91 Å². The standard InChI is InChI=1S/C20H21BrClN3O5S/c1-2-30-18-11-13(10-16(21)19(18)26)12-23-24-20(27)17-4-3-9-25(17)31(28,29)15-7-5-14(22)6-8-15/h5-8,10-12,17,26H,2-4,9H2,1H3,(H,24,27)/b23-12-/t17-/m0/s1. The van der Waals surface area contributed by atoms with Crippen LogP contribution in [-0.4, -0.2) is 49.1 Å². The van der Waals surface area contributed by atoms with E-state index in [0.717, 1.165) is 0 Å². The Morgan fingerprint density at radius 3 is 2.77 bits per heavy atom. The largest absolute Gasteiger partial charge is 0.503 e. The van der Waals surface area contributed by atoms with Crippen molar-refractivity contribution in [2.75, 3.05) is 13.2 Å². The molecule has 0 spiro atoms. The molecule has 1 atom stereocenters. The molecule has 0 bridgehead atoms. The van der Waals surface area contributed by atoms with Crippen molar-refractivity contribution in [1.29, 1.82) is 0 Å². The van der Waals surface area contributed by atoms with E-state index in [4.69, 9.17) is 16.3 Å². The van der Waals surface area contributed by atoms with Gasteiger partial charge in [-0.05, 0) is 77.7 Å². The predicted molar refractivity (Wildman–Crippen MR) is 121 cm³/mol. The third kappa shape index (κ3) is 5.38. The highest BCUT2D eigenvalue weighted by molar-refractivity contribution is 9.10. The van der Waals surface area contributed by atoms with Crippen molar-refractivity contribution < 1.29 is 23.1 Å². The molecule has 1 fully saturated rings. The number of hydrogen-bond donors (Lipinski definition) is 2. The molecule has 1 heterocycles. The van der Waals surface area contributed by atoms with Gasteiger partial charge in [-0.3, -0.25) is 4.79 Å². The molecule has 31 heavy (non-hydrogen) atoms. The molecule has 1 aliphatic heterocycles. The Bertz CT molecular complexity index is 1090. The fourth-order valence-electron chi connectivity index (χ4n) is 3.21. The molecule has 1 saturated heterocycles. The van der Waals surface area contributed by atoms with Crippen LogP contribution in [0.15, 0.2) is 50.9 Å². The van der Waals surface area contributed by atoms with E-state index >= 15 is 0 Å². The number of ether oxygens (including phenoxy) is 1. The second kappa shape index (κ2) is 9.99. The number of phenols is 1. The predicted octanol–water partition coefficient (Wildman–Crippen LogP) is 3.51. The maximum absolute atomic E-state index is 12.9. The molecule has 2 aromatic rings. The number of carbonyl (C=O) groups excluding carboxylic acids is 1. The summed E-state index contributed by atoms with van der Waals surface area (Å²) in [6.45, 7) is 2.41. The van der Waals surface area contributed by atoms with E-state index in [-0.39, 0.29) is 22.9 Å². The Labute approximate surface area is 194 Å². The van der Waals surface area contributed by atoms with Crippen molar-refractivity contribution in [1.82, 2.24) is 9.73 Å². The molecule has 2 aromatic carbocycles. The van der Waals surface area contributed by atoms with E-state index in [1.807, 2.05) is 0 Å². The fourth-order valence-corrected chi connectivity index (χ4v) is 5.45. The van der Waals surface area contributed by atoms with Crippen molar-refractivity contribution in [3.8, 4) is 11.5 Å². The third-order valence-corrected chi connectivity index (χ3v) is 7.44. The van der Waals surface area contributed by atoms with Gasteiger partial charge in [-0.25, -0.2) is 13.8 Å². The molecule has 3 rings (SSSR count). The van der Waals surface area contributed by atoms with Gasteiger partial charge < -0.3 is 9.84 Å². The lowest BCUT2D eigenvalue weighted by molar-refractivity contribution is -0.124. The number of aromatic hydroxyl groups is 1. The number of sulfonamides is 1. The first-order chi connectivity index (χ1) is 14.7. The average Bonchev–Trinajstić information content (AvgIpc) is 3.23. The van der Waals surface area contributed by atoms with Crippen LogP contribution in [0.25, 0.3) is 0 Å². The summed E-state index contributed by atoms with van der Waals surface area (Å²) < 4.78 is 32.9. The Morgan fingerprint density at radius 1 is 1.39 bits per heavy atom. The maximum Gasteiger partial charge on any atom is 0.258 e. The summed E-state index contributed by atoms with van der Waals surface area (Å²) in [4.78, 5) is 12.7. The Hall–Kier alpha value is -2.14. The zero-order valence-corrected chi connectivity index (χ0v) is 19.7. The minimum absolute atomic E-state index is 0.0305. The molecule has 8 nitrogen and oxygen atoms in total. The van der Waals surface area contributed by atoms with Crippen LogP contribution >= 0.6 is 27.5 Å². The maximum atomic E-state index is 12.9. The molecule has 0 aromatic heterocycles. The summed E-state index contributed by atoms with van der Waals surface area (Å²) in [5.74, 6) is -0.271. The van der Waals surface area contributed by atoms with Crippen LogP contribution in [0.3, 0.4) is 0 Å². The van der Waals surface area contributed by atoms with Gasteiger partial charge in [-0.2, -0.15) is 9.41 Å². The van der Waals surface area contributed by atoms with Crippen LogP contribution in [0.5, 0.6) is 11.5 Å². The minimum atomic E-state index is -3.84. The lowest BCUT2D eigenvalue weighted by atomic mass is 10.2. The van der Waals surface area contributed by atoms with Crippen molar-refractivity contribution in [3.63, 3.8) is 0 Å². The van der Waals surface area contributed by atoms with Gasteiger partial charge in [0.1, 0.15) is 6.04 Å². The van der Waals surface area contributed by atoms with Gasteiger partial charge in [-0.1, -0.05) is 11.6 Å². The number of hydrazone groups is 1. The first-order valence-corrected chi connectivity index (χ1v) is 12.1. The fraction of sp³-hybridized carbons (Fsp3) is 0.300. The first-order valence-electron chi connectivity index (χ1n) is 9.49. The number of nitrogens with one attached hydrogen (secondary N) is 1. The second-order valence-electron chi connectivity index (χ2n) is 6.74. The summed E-state index contributed by atoms with van der Waals surface area (Å²) >= 11 is 9.08. The van der Waals surface area contributed by atoms with Crippen LogP contribution < -0.4 is 10.2 Å². The summed E-state index contributed by atoms with van der Waals surface area (Å²) in [5.41, 5.74) is 2.98. The summed E-state index contributed by atoms with van der Waals surface area (Å²) in [5, 5.41) is 14.3. The molecule has 0 radical (unpaired) electrons. The van der Waals surface area contributed by atoms with Crippen LogP contribution in [-0.2, 0) is 14.8 Å². The number of phenolic OH excluding ortho intramolecular Hbond substituents is 1. The van der Waals surface area contributed by atoms with E-state index in [1.165, 1.54) is 34.8 Å². The number of hydrogen-bond acceptors (Lipinski definition) is 6. The number of halogens is 2. The molecular weight excluding hydrogens is 510 g/mol. The van der Waals surface area contributed by atoms with Crippen molar-refractivity contribution >= 4 is 49.7 Å². The molecule has 166 valence electrons. The van der Waals surface area contributed by atoms with Crippen LogP contribution in [0.4, 0.5) is 0 Å². The highest BCUT2D eigenvalue weighted by Crippen LogP contribution is 2.35. The first kappa shape index (κ1) is 23.5. The molecule has 0 saturated carbocycles. The summed E-state index contributed by atoms with van der Waals surface area (Å²) in [6, 6.07) is 8.16. The van der Waals surface area contributed by atoms with Gasteiger partial charge >= 0.3 is 0 Å². The smallest absolute Gasteiger partial charge is 0.258 e. The SMILES string of the molecule is CCOc1cc(/C=N\NC(=O)[C@@H]2CCCN2S(=O)(=O)c2ccc(Cl)cc2)cc(Br)c1O. The van der Waals surface area contributed by atoms with E-state index < -0.39 is 22.0 Å². The van der Waals surface area contributed by atoms with Crippen LogP contribution in [0.1, 0.15) is 25.3 Å². The molecular formula is C20H21BrClN3O5S. The lowest BCUT2D eigenvalue weighted by Crippen LogP contribution is -2.44. The number of benzene rings is 2. The van der Waals surface area contributed by atoms with Crippen molar-refractivity contribution in [2.24, 2.45) is 5.10 Å². The summed E-state index contributed by atoms with van der Waals surface area (Å²) in [7, 11) is -3.84. The zero-order chi connectivity index (χ0) is 22.6. The Balaban J connectivity index is 1.72. The highest BCUT2D eigenvalue weighted by atomic mass is 79.9. The minimum Gasteiger partial charge on any atom is -0.503 e. The molecule has 1 aliphatic rings. The van der Waals surface area contributed by atoms with Crippen molar-refractivity contribution in [3.05, 3.63) is 51.5 Å². The van der Waals surface area contributed by atoms with Crippen molar-refractivity contribution in [2.45, 2.75) is 30.7 Å².